The molecule has 1 nitrogen and oxygen atoms in total. The van der Waals surface area contributed by atoms with Crippen LogP contribution in [0.25, 0.3) is 5.57 Å². The molecule has 0 amide bonds. The van der Waals surface area contributed by atoms with Gasteiger partial charge in [-0.2, -0.15) is 0 Å². The van der Waals surface area contributed by atoms with Gasteiger partial charge in [0.05, 0.1) is 0 Å². The van der Waals surface area contributed by atoms with Crippen molar-refractivity contribution in [2.24, 2.45) is 0 Å². The zero-order valence-electron chi connectivity index (χ0n) is 9.44. The van der Waals surface area contributed by atoms with Crippen LogP contribution in [0.15, 0.2) is 35.3 Å². The predicted molar refractivity (Wildman–Crippen MR) is 70.1 cm³/mol. The molecular weight excluding hydrogens is 263 g/mol. The van der Waals surface area contributed by atoms with Gasteiger partial charge in [-0.15, -0.1) is 0 Å². The number of allylic oxidation sites excluding steroid dienone is 1. The summed E-state index contributed by atoms with van der Waals surface area (Å²) in [5.74, 6) is 8.46. The van der Waals surface area contributed by atoms with Crippen LogP contribution >= 0.6 is 0 Å². The van der Waals surface area contributed by atoms with Gasteiger partial charge in [-0.25, -0.2) is 0 Å². The topological polar surface area (TPSA) is 20.2 Å². The van der Waals surface area contributed by atoms with Crippen LogP contribution < -0.4 is 0 Å². The van der Waals surface area contributed by atoms with E-state index in [-0.39, 0.29) is 6.61 Å². The van der Waals surface area contributed by atoms with Gasteiger partial charge in [0.15, 0.2) is 0 Å². The second-order valence-electron chi connectivity index (χ2n) is 3.26. The molecule has 0 fully saturated rings. The summed E-state index contributed by atoms with van der Waals surface area (Å²) in [7, 11) is 0. The van der Waals surface area contributed by atoms with Crippen LogP contribution in [0.3, 0.4) is 0 Å². The van der Waals surface area contributed by atoms with Gasteiger partial charge >= 0.3 is 104 Å². The van der Waals surface area contributed by atoms with Gasteiger partial charge in [-0.1, -0.05) is 0 Å². The van der Waals surface area contributed by atoms with Crippen molar-refractivity contribution in [2.45, 2.75) is 18.7 Å². The van der Waals surface area contributed by atoms with E-state index in [0.717, 1.165) is 18.4 Å². The Morgan fingerprint density at radius 2 is 2.12 bits per heavy atom. The van der Waals surface area contributed by atoms with Gasteiger partial charge in [0.1, 0.15) is 0 Å². The van der Waals surface area contributed by atoms with Crippen molar-refractivity contribution in [3.63, 3.8) is 0 Å². The molecule has 0 saturated heterocycles. The Bertz CT molecular complexity index is 384. The Morgan fingerprint density at radius 1 is 1.38 bits per heavy atom. The van der Waals surface area contributed by atoms with E-state index in [4.69, 9.17) is 5.11 Å². The third-order valence-electron chi connectivity index (χ3n) is 2.00. The average Bonchev–Trinajstić information content (AvgIpc) is 2.34. The van der Waals surface area contributed by atoms with Crippen molar-refractivity contribution in [2.75, 3.05) is 6.61 Å². The molecule has 0 unspecified atom stereocenters. The van der Waals surface area contributed by atoms with Crippen LogP contribution in [0.2, 0.25) is 5.82 Å². The van der Waals surface area contributed by atoms with Crippen LogP contribution in [0.5, 0.6) is 0 Å². The van der Waals surface area contributed by atoms with Gasteiger partial charge in [0.2, 0.25) is 0 Å². The molecule has 1 rings (SSSR count). The van der Waals surface area contributed by atoms with Crippen LogP contribution in [-0.4, -0.2) is 26.7 Å². The molecule has 0 aromatic heterocycles. The number of rotatable bonds is 4. The maximum atomic E-state index is 8.67. The van der Waals surface area contributed by atoms with E-state index >= 15 is 0 Å². The first kappa shape index (κ1) is 13.1. The van der Waals surface area contributed by atoms with E-state index in [9.17, 15) is 0 Å². The quantitative estimate of drug-likeness (QED) is 0.510. The molecule has 0 radical (unpaired) electrons. The predicted octanol–water partition coefficient (Wildman–Crippen LogP) is 2.56. The van der Waals surface area contributed by atoms with Crippen molar-refractivity contribution < 1.29 is 5.11 Å². The SMILES string of the molecule is C[Se]/C=C(\C#CCCCO)c1ccccc1. The fraction of sp³-hybridized carbons (Fsp3) is 0.286. The monoisotopic (exact) mass is 280 g/mol. The molecular formula is C14H16OSe. The van der Waals surface area contributed by atoms with Crippen molar-refractivity contribution in [3.05, 3.63) is 40.9 Å². The molecule has 84 valence electrons. The summed E-state index contributed by atoms with van der Waals surface area (Å²) in [6.45, 7) is 0.219. The van der Waals surface area contributed by atoms with E-state index in [1.54, 1.807) is 0 Å². The van der Waals surface area contributed by atoms with E-state index in [0.29, 0.717) is 15.0 Å². The summed E-state index contributed by atoms with van der Waals surface area (Å²) in [6.07, 6.45) is 1.52. The summed E-state index contributed by atoms with van der Waals surface area (Å²) in [4.78, 5) is 2.20. The molecule has 0 heterocycles. The first-order chi connectivity index (χ1) is 7.88. The van der Waals surface area contributed by atoms with Crippen LogP contribution in [0, 0.1) is 11.8 Å². The molecule has 0 aliphatic rings. The summed E-state index contributed by atoms with van der Waals surface area (Å²) in [5, 5.41) is 8.67. The minimum atomic E-state index is 0.219. The minimum absolute atomic E-state index is 0.219. The molecule has 16 heavy (non-hydrogen) atoms. The van der Waals surface area contributed by atoms with Crippen LogP contribution in [0.4, 0.5) is 0 Å². The number of aliphatic hydroxyl groups is 1. The Kier molecular flexibility index (Phi) is 6.69. The van der Waals surface area contributed by atoms with Crippen molar-refractivity contribution in [1.29, 1.82) is 0 Å². The van der Waals surface area contributed by atoms with Gasteiger partial charge in [-0.05, 0) is 0 Å². The van der Waals surface area contributed by atoms with Gasteiger partial charge < -0.3 is 0 Å². The first-order valence-corrected chi connectivity index (χ1v) is 7.97. The van der Waals surface area contributed by atoms with Gasteiger partial charge in [0, 0.05) is 0 Å². The third kappa shape index (κ3) is 4.68. The van der Waals surface area contributed by atoms with Crippen molar-refractivity contribution >= 4 is 20.5 Å². The van der Waals surface area contributed by atoms with Crippen LogP contribution in [0.1, 0.15) is 18.4 Å². The number of hydrogen-bond acceptors (Lipinski definition) is 1. The van der Waals surface area contributed by atoms with Gasteiger partial charge in [0.25, 0.3) is 0 Å². The second kappa shape index (κ2) is 8.19. The van der Waals surface area contributed by atoms with E-state index in [1.165, 1.54) is 5.56 Å². The Balaban J connectivity index is 2.76. The molecule has 1 N–H and O–H groups in total. The summed E-state index contributed by atoms with van der Waals surface area (Å²) in [5.41, 5.74) is 2.30. The molecule has 0 aliphatic carbocycles. The van der Waals surface area contributed by atoms with E-state index in [2.05, 4.69) is 34.8 Å². The number of hydrogen-bond donors (Lipinski definition) is 1. The maximum absolute atomic E-state index is 8.67. The van der Waals surface area contributed by atoms with Crippen molar-refractivity contribution in [3.8, 4) is 11.8 Å². The Labute approximate surface area is 104 Å². The van der Waals surface area contributed by atoms with Gasteiger partial charge in [-0.3, -0.25) is 0 Å². The number of unbranched alkanes of at least 4 members (excludes halogenated alkanes) is 1. The summed E-state index contributed by atoms with van der Waals surface area (Å²) >= 11 is 0.483. The Hall–Kier alpha value is -1.00. The number of benzene rings is 1. The zero-order valence-corrected chi connectivity index (χ0v) is 11.2. The van der Waals surface area contributed by atoms with E-state index in [1.807, 2.05) is 18.2 Å². The normalized spacial score (nSPS) is 10.8. The third-order valence-corrected chi connectivity index (χ3v) is 2.99. The summed E-state index contributed by atoms with van der Waals surface area (Å²) in [6, 6.07) is 10.2. The molecule has 0 bridgehead atoms. The molecule has 0 spiro atoms. The molecule has 2 heteroatoms. The fourth-order valence-electron chi connectivity index (χ4n) is 1.23. The molecule has 1 aromatic rings. The Morgan fingerprint density at radius 3 is 2.75 bits per heavy atom. The molecule has 0 aliphatic heterocycles. The summed E-state index contributed by atoms with van der Waals surface area (Å²) < 4.78 is 0. The van der Waals surface area contributed by atoms with E-state index < -0.39 is 0 Å². The standard InChI is InChI=1S/C14H16OSe/c1-16-12-14(10-6-3-7-11-15)13-8-4-2-5-9-13/h2,4-5,8-9,12,15H,3,7,11H2,1H3/b14-12+. The van der Waals surface area contributed by atoms with Crippen LogP contribution in [-0.2, 0) is 0 Å². The molecule has 1 aromatic carbocycles. The first-order valence-electron chi connectivity index (χ1n) is 5.26. The fourth-order valence-corrected chi connectivity index (χ4v) is 2.13. The van der Waals surface area contributed by atoms with Crippen molar-refractivity contribution in [1.82, 2.24) is 0 Å². The second-order valence-corrected chi connectivity index (χ2v) is 4.75. The number of aliphatic hydroxyl groups excluding tert-OH is 1. The molecule has 0 saturated carbocycles. The zero-order chi connectivity index (χ0) is 11.6. The molecule has 0 atom stereocenters. The average molecular weight is 279 g/mol.